The molecule has 385 valence electrons. The first-order valence-electron chi connectivity index (χ1n) is 18.2. The second-order valence-corrected chi connectivity index (χ2v) is 12.4. The van der Waals surface area contributed by atoms with Gasteiger partial charge in [0.2, 0.25) is 0 Å². The van der Waals surface area contributed by atoms with Gasteiger partial charge in [-0.25, -0.2) is 0 Å². The van der Waals surface area contributed by atoms with Crippen LogP contribution in [0.3, 0.4) is 0 Å². The van der Waals surface area contributed by atoms with Crippen LogP contribution in [0.5, 0.6) is 0 Å². The van der Waals surface area contributed by atoms with Crippen molar-refractivity contribution in [1.29, 1.82) is 0 Å². The summed E-state index contributed by atoms with van der Waals surface area (Å²) in [6.07, 6.45) is 17.6. The maximum Gasteiger partial charge on any atom is 3.00 e. The Morgan fingerprint density at radius 3 is 0.548 bits per heavy atom. The van der Waals surface area contributed by atoms with Crippen LogP contribution in [-0.2, 0) is 56.4 Å². The first-order valence-corrected chi connectivity index (χ1v) is 19.3. The number of furan rings is 6. The number of carbonyl (C=O) groups excluding carboxylic acids is 6. The minimum Gasteiger partial charge on any atom is -2.00 e. The summed E-state index contributed by atoms with van der Waals surface area (Å²) in [5.74, 6) is -8.50. The van der Waals surface area contributed by atoms with Gasteiger partial charge in [0.15, 0.2) is 0 Å². The topological polar surface area (TPSA) is 387 Å². The third-order valence-electron chi connectivity index (χ3n) is 6.21. The van der Waals surface area contributed by atoms with Crippen molar-refractivity contribution in [1.82, 2.24) is 15.0 Å². The van der Waals surface area contributed by atoms with Crippen molar-refractivity contribution in [2.24, 2.45) is 0 Å². The Morgan fingerprint density at radius 2 is 0.493 bits per heavy atom. The Morgan fingerprint density at radius 1 is 0.329 bits per heavy atom. The number of carbonyl (C=O) groups is 6. The standard InChI is InChI=1S/3C5H4ClN.6C5H4O3.Co.2Fe.O/c3*6-5-2-1-3-7-4-5;6*6-5(7)4-2-1-3-8-4;;;;/h3*1-4H;6*1-3H,(H,6,7);;;;/q;;;;;;;;;+2;2*+3;-2/p-6. The van der Waals surface area contributed by atoms with Crippen molar-refractivity contribution in [3.05, 3.63) is 234 Å². The van der Waals surface area contributed by atoms with E-state index in [0.29, 0.717) is 15.1 Å². The maximum absolute atomic E-state index is 9.86. The number of carboxylic acid groups (broad SMARTS) is 6. The number of halogens is 3. The van der Waals surface area contributed by atoms with Crippen LogP contribution >= 0.6 is 34.8 Å². The Balaban J connectivity index is -0.000000365. The van der Waals surface area contributed by atoms with E-state index < -0.39 is 35.8 Å². The molecule has 0 spiro atoms. The minimum absolute atomic E-state index is 0. The van der Waals surface area contributed by atoms with Gasteiger partial charge in [-0.2, -0.15) is 0 Å². The summed E-state index contributed by atoms with van der Waals surface area (Å²) in [6, 6.07) is 27.7. The maximum atomic E-state index is 9.86. The number of aromatic carboxylic acids is 6. The van der Waals surface area contributed by atoms with E-state index >= 15 is 0 Å². The predicted molar refractivity (Wildman–Crippen MR) is 227 cm³/mol. The van der Waals surface area contributed by atoms with Gasteiger partial charge in [0.1, 0.15) is 70.4 Å². The van der Waals surface area contributed by atoms with Crippen molar-refractivity contribution >= 4 is 70.6 Å². The number of carboxylic acids is 6. The summed E-state index contributed by atoms with van der Waals surface area (Å²) in [6.45, 7) is 0. The summed E-state index contributed by atoms with van der Waals surface area (Å²) in [4.78, 5) is 70.4. The van der Waals surface area contributed by atoms with Crippen LogP contribution in [0, 0.1) is 0 Å². The molecule has 0 atom stereocenters. The van der Waals surface area contributed by atoms with Crippen LogP contribution in [0.25, 0.3) is 0 Å². The number of hydrogen-bond donors (Lipinski definition) is 0. The number of pyridine rings is 3. The fraction of sp³-hybridized carbons (Fsp3) is 0. The van der Waals surface area contributed by atoms with Gasteiger partial charge in [0, 0.05) is 37.2 Å². The summed E-state index contributed by atoms with van der Waals surface area (Å²) in [5, 5.41) is 61.2. The molecule has 73 heavy (non-hydrogen) atoms. The van der Waals surface area contributed by atoms with E-state index in [4.69, 9.17) is 34.8 Å². The monoisotopic (exact) mass is 1190 g/mol. The van der Waals surface area contributed by atoms with Crippen LogP contribution in [0.1, 0.15) is 63.3 Å². The average Bonchev–Trinajstić information content (AvgIpc) is 4.20. The minimum atomic E-state index is -1.28. The van der Waals surface area contributed by atoms with Gasteiger partial charge in [0.25, 0.3) is 0 Å². The van der Waals surface area contributed by atoms with E-state index in [9.17, 15) is 59.4 Å². The number of rotatable bonds is 6. The SMILES string of the molecule is Clc1cccnc1.Clc1cccnc1.Clc1cccnc1.O=C([O-])c1ccco1.O=C([O-])c1ccco1.O=C([O-])c1ccco1.O=C([O-])c1ccco1.O=C([O-])c1ccco1.O=C([O-])c1ccco1.[Co+2].[Fe+3].[Fe+3].[O-2]. The van der Waals surface area contributed by atoms with Crippen molar-refractivity contribution in [2.75, 3.05) is 0 Å². The van der Waals surface area contributed by atoms with Crippen molar-refractivity contribution < 1.29 is 142 Å². The molecule has 22 nitrogen and oxygen atoms in total. The Hall–Kier alpha value is -7.67. The van der Waals surface area contributed by atoms with Crippen LogP contribution in [0.4, 0.5) is 0 Å². The van der Waals surface area contributed by atoms with Crippen LogP contribution < -0.4 is 30.6 Å². The Bertz CT molecular complexity index is 2270. The van der Waals surface area contributed by atoms with E-state index in [1.807, 2.05) is 0 Å². The normalized spacial score (nSPS) is 8.42. The van der Waals surface area contributed by atoms with Crippen molar-refractivity contribution in [3.63, 3.8) is 0 Å². The third-order valence-corrected chi connectivity index (χ3v) is 6.88. The molecule has 9 heterocycles. The van der Waals surface area contributed by atoms with E-state index in [0.717, 1.165) is 0 Å². The molecule has 0 unspecified atom stereocenters. The molecule has 3 radical (unpaired) electrons. The summed E-state index contributed by atoms with van der Waals surface area (Å²) >= 11 is 16.4. The van der Waals surface area contributed by atoms with E-state index in [1.165, 1.54) is 110 Å². The zero-order chi connectivity index (χ0) is 51.2. The van der Waals surface area contributed by atoms with Gasteiger partial charge in [-0.05, 0) is 109 Å². The van der Waals surface area contributed by atoms with Crippen LogP contribution in [0.2, 0.25) is 15.1 Å². The Labute approximate surface area is 458 Å². The second kappa shape index (κ2) is 44.3. The molecule has 9 aromatic rings. The van der Waals surface area contributed by atoms with Crippen molar-refractivity contribution in [2.45, 2.75) is 0 Å². The number of nitrogens with zero attached hydrogens (tertiary/aromatic N) is 3. The summed E-state index contributed by atoms with van der Waals surface area (Å²) in [5.41, 5.74) is 0. The zero-order valence-electron chi connectivity index (χ0n) is 36.1. The second-order valence-electron chi connectivity index (χ2n) is 11.1. The summed E-state index contributed by atoms with van der Waals surface area (Å²) < 4.78 is 26.6. The predicted octanol–water partition coefficient (Wildman–Crippen LogP) is 2.94. The molecule has 0 aliphatic rings. The molecule has 9 rings (SSSR count). The fourth-order valence-electron chi connectivity index (χ4n) is 3.39. The van der Waals surface area contributed by atoms with Gasteiger partial charge in [-0.3, -0.25) is 15.0 Å². The van der Waals surface area contributed by atoms with E-state index in [-0.39, 0.29) is 91.0 Å². The third kappa shape index (κ3) is 36.9. The molecule has 0 amide bonds. The number of hydrogen-bond acceptors (Lipinski definition) is 21. The molecule has 0 fully saturated rings. The molecule has 0 saturated heterocycles. The van der Waals surface area contributed by atoms with E-state index in [2.05, 4.69) is 41.5 Å². The molecule has 0 saturated carbocycles. The Kier molecular flexibility index (Phi) is 43.6. The summed E-state index contributed by atoms with van der Waals surface area (Å²) in [7, 11) is 0. The fourth-order valence-corrected chi connectivity index (χ4v) is 3.78. The molecule has 9 aromatic heterocycles. The molecule has 0 aromatic carbocycles. The van der Waals surface area contributed by atoms with Crippen molar-refractivity contribution in [3.8, 4) is 0 Å². The largest absolute Gasteiger partial charge is 3.00 e. The first-order chi connectivity index (χ1) is 33.0. The molecular formula is C45H30Cl3CoFe2N3O19. The van der Waals surface area contributed by atoms with Crippen LogP contribution in [0.15, 0.2) is 210 Å². The quantitative estimate of drug-likeness (QED) is 0.216. The van der Waals surface area contributed by atoms with Crippen LogP contribution in [-0.4, -0.2) is 50.8 Å². The van der Waals surface area contributed by atoms with E-state index in [1.54, 1.807) is 73.6 Å². The molecule has 0 aliphatic carbocycles. The van der Waals surface area contributed by atoms with Gasteiger partial charge in [0.05, 0.1) is 52.6 Å². The zero-order valence-corrected chi connectivity index (χ0v) is 41.6. The van der Waals surface area contributed by atoms with Gasteiger partial charge in [-0.15, -0.1) is 0 Å². The molecular weight excluding hydrogens is 1160 g/mol. The first kappa shape index (κ1) is 71.9. The smallest absolute Gasteiger partial charge is 2.00 e. The van der Waals surface area contributed by atoms with Gasteiger partial charge < -0.3 is 91.4 Å². The molecule has 28 heteroatoms. The van der Waals surface area contributed by atoms with Gasteiger partial charge in [-0.1, -0.05) is 34.8 Å². The molecule has 0 N–H and O–H groups in total. The van der Waals surface area contributed by atoms with Gasteiger partial charge >= 0.3 is 50.9 Å². The average molecular weight is 1190 g/mol. The number of aromatic nitrogens is 3. The molecule has 0 bridgehead atoms. The molecule has 0 aliphatic heterocycles.